The highest BCUT2D eigenvalue weighted by molar-refractivity contribution is 9.10. The first-order valence-corrected chi connectivity index (χ1v) is 6.12. The van der Waals surface area contributed by atoms with Crippen molar-refractivity contribution in [3.05, 3.63) is 58.3 Å². The Morgan fingerprint density at radius 3 is 2.89 bits per heavy atom. The van der Waals surface area contributed by atoms with E-state index in [0.29, 0.717) is 11.0 Å². The molecule has 18 heavy (non-hydrogen) atoms. The molecule has 1 aromatic heterocycles. The van der Waals surface area contributed by atoms with Crippen LogP contribution in [0.5, 0.6) is 5.75 Å². The Balaban J connectivity index is 2.07. The topological polar surface area (TPSA) is 62.2 Å². The molecule has 0 fully saturated rings. The molecule has 1 heterocycles. The molecule has 2 rings (SSSR count). The van der Waals surface area contributed by atoms with Crippen molar-refractivity contribution in [2.75, 3.05) is 0 Å². The molecule has 0 aliphatic heterocycles. The Bertz CT molecular complexity index is 558. The van der Waals surface area contributed by atoms with Crippen molar-refractivity contribution in [3.63, 3.8) is 0 Å². The molecule has 4 nitrogen and oxygen atoms in total. The minimum absolute atomic E-state index is 0.0545. The fourth-order valence-corrected chi connectivity index (χ4v) is 1.85. The molecule has 0 aliphatic carbocycles. The van der Waals surface area contributed by atoms with E-state index in [4.69, 9.17) is 0 Å². The molecule has 0 bridgehead atoms. The second-order valence-corrected chi connectivity index (χ2v) is 4.53. The summed E-state index contributed by atoms with van der Waals surface area (Å²) in [6.45, 7) is 0.374. The third-order valence-electron chi connectivity index (χ3n) is 2.41. The Labute approximate surface area is 113 Å². The van der Waals surface area contributed by atoms with Gasteiger partial charge in [-0.15, -0.1) is 0 Å². The predicted molar refractivity (Wildman–Crippen MR) is 71.2 cm³/mol. The zero-order valence-electron chi connectivity index (χ0n) is 9.43. The quantitative estimate of drug-likeness (QED) is 0.916. The summed E-state index contributed by atoms with van der Waals surface area (Å²) in [4.78, 5) is 15.8. The first-order valence-electron chi connectivity index (χ1n) is 5.33. The summed E-state index contributed by atoms with van der Waals surface area (Å²) < 4.78 is 0.497. The first kappa shape index (κ1) is 12.6. The minimum Gasteiger partial charge on any atom is -0.506 e. The van der Waals surface area contributed by atoms with E-state index in [9.17, 15) is 9.90 Å². The number of phenols is 1. The van der Waals surface area contributed by atoms with Crippen LogP contribution in [-0.4, -0.2) is 16.0 Å². The zero-order valence-corrected chi connectivity index (χ0v) is 11.0. The third kappa shape index (κ3) is 2.87. The fourth-order valence-electron chi connectivity index (χ4n) is 1.48. The standard InChI is InChI=1S/C13H11BrN2O2/c14-11-5-1-4-10(12(11)17)13(18)16-8-9-3-2-6-15-7-9/h1-7,17H,8H2,(H,16,18). The molecule has 0 spiro atoms. The normalized spacial score (nSPS) is 10.1. The number of hydrogen-bond donors (Lipinski definition) is 2. The summed E-state index contributed by atoms with van der Waals surface area (Å²) in [6.07, 6.45) is 3.35. The van der Waals surface area contributed by atoms with Crippen molar-refractivity contribution in [2.24, 2.45) is 0 Å². The summed E-state index contributed by atoms with van der Waals surface area (Å²) in [6, 6.07) is 8.61. The number of carbonyl (C=O) groups excluding carboxylic acids is 1. The number of nitrogens with zero attached hydrogens (tertiary/aromatic N) is 1. The number of carbonyl (C=O) groups is 1. The summed E-state index contributed by atoms with van der Waals surface area (Å²) >= 11 is 3.17. The minimum atomic E-state index is -0.322. The number of pyridine rings is 1. The fraction of sp³-hybridized carbons (Fsp3) is 0.0769. The van der Waals surface area contributed by atoms with Crippen LogP contribution >= 0.6 is 15.9 Å². The van der Waals surface area contributed by atoms with Crippen LogP contribution < -0.4 is 5.32 Å². The van der Waals surface area contributed by atoms with Crippen LogP contribution in [0.1, 0.15) is 15.9 Å². The molecule has 0 saturated heterocycles. The van der Waals surface area contributed by atoms with Crippen LogP contribution in [-0.2, 0) is 6.54 Å². The van der Waals surface area contributed by atoms with E-state index in [0.717, 1.165) is 5.56 Å². The zero-order chi connectivity index (χ0) is 13.0. The molecule has 0 unspecified atom stereocenters. The second kappa shape index (κ2) is 5.64. The Morgan fingerprint density at radius 1 is 1.33 bits per heavy atom. The molecule has 2 N–H and O–H groups in total. The molecule has 1 amide bonds. The Kier molecular flexibility index (Phi) is 3.94. The first-order chi connectivity index (χ1) is 8.68. The maximum absolute atomic E-state index is 11.9. The lowest BCUT2D eigenvalue weighted by atomic mass is 10.2. The number of amides is 1. The number of hydrogen-bond acceptors (Lipinski definition) is 3. The van der Waals surface area contributed by atoms with Gasteiger partial charge in [0.05, 0.1) is 10.0 Å². The second-order valence-electron chi connectivity index (χ2n) is 3.68. The Hall–Kier alpha value is -1.88. The number of benzene rings is 1. The van der Waals surface area contributed by atoms with Gasteiger partial charge in [0.2, 0.25) is 0 Å². The molecule has 0 aliphatic rings. The maximum atomic E-state index is 11.9. The SMILES string of the molecule is O=C(NCc1cccnc1)c1cccc(Br)c1O. The van der Waals surface area contributed by atoms with Gasteiger partial charge in [-0.2, -0.15) is 0 Å². The van der Waals surface area contributed by atoms with Crippen molar-refractivity contribution < 1.29 is 9.90 Å². The van der Waals surface area contributed by atoms with Crippen LogP contribution in [0.2, 0.25) is 0 Å². The van der Waals surface area contributed by atoms with Crippen LogP contribution in [0, 0.1) is 0 Å². The average Bonchev–Trinajstić information content (AvgIpc) is 2.40. The van der Waals surface area contributed by atoms with Crippen molar-refractivity contribution in [1.82, 2.24) is 10.3 Å². The number of aromatic hydroxyl groups is 1. The van der Waals surface area contributed by atoms with Gasteiger partial charge >= 0.3 is 0 Å². The lowest BCUT2D eigenvalue weighted by Crippen LogP contribution is -2.22. The van der Waals surface area contributed by atoms with E-state index in [1.54, 1.807) is 36.7 Å². The molecule has 1 aromatic carbocycles. The smallest absolute Gasteiger partial charge is 0.255 e. The molecule has 0 radical (unpaired) electrons. The van der Waals surface area contributed by atoms with Gasteiger partial charge in [-0.25, -0.2) is 0 Å². The number of aromatic nitrogens is 1. The third-order valence-corrected chi connectivity index (χ3v) is 3.05. The van der Waals surface area contributed by atoms with Crippen LogP contribution in [0.3, 0.4) is 0 Å². The van der Waals surface area contributed by atoms with Gasteiger partial charge in [0, 0.05) is 18.9 Å². The highest BCUT2D eigenvalue weighted by atomic mass is 79.9. The van der Waals surface area contributed by atoms with E-state index in [1.165, 1.54) is 0 Å². The number of nitrogens with one attached hydrogen (secondary N) is 1. The number of para-hydroxylation sites is 1. The predicted octanol–water partition coefficient (Wildman–Crippen LogP) is 2.48. The van der Waals surface area contributed by atoms with Crippen LogP contribution in [0.15, 0.2) is 47.2 Å². The summed E-state index contributed by atoms with van der Waals surface area (Å²) in [5.41, 5.74) is 1.15. The lowest BCUT2D eigenvalue weighted by Gasteiger charge is -2.07. The van der Waals surface area contributed by atoms with Gasteiger partial charge in [0.15, 0.2) is 0 Å². The monoisotopic (exact) mass is 306 g/mol. The van der Waals surface area contributed by atoms with Gasteiger partial charge in [0.1, 0.15) is 5.75 Å². The van der Waals surface area contributed by atoms with E-state index in [1.807, 2.05) is 6.07 Å². The van der Waals surface area contributed by atoms with Crippen LogP contribution in [0.25, 0.3) is 0 Å². The van der Waals surface area contributed by atoms with Gasteiger partial charge < -0.3 is 10.4 Å². The molecule has 2 aromatic rings. The van der Waals surface area contributed by atoms with Gasteiger partial charge in [-0.05, 0) is 39.7 Å². The van der Waals surface area contributed by atoms with E-state index in [-0.39, 0.29) is 17.2 Å². The van der Waals surface area contributed by atoms with Crippen molar-refractivity contribution in [1.29, 1.82) is 0 Å². The molecule has 0 atom stereocenters. The number of rotatable bonds is 3. The molecular weight excluding hydrogens is 296 g/mol. The number of phenolic OH excluding ortho intramolecular Hbond substituents is 1. The van der Waals surface area contributed by atoms with Crippen LogP contribution in [0.4, 0.5) is 0 Å². The summed E-state index contributed by atoms with van der Waals surface area (Å²) in [5, 5.41) is 12.5. The molecular formula is C13H11BrN2O2. The van der Waals surface area contributed by atoms with E-state index < -0.39 is 0 Å². The average molecular weight is 307 g/mol. The number of halogens is 1. The molecule has 0 saturated carbocycles. The van der Waals surface area contributed by atoms with E-state index in [2.05, 4.69) is 26.2 Å². The highest BCUT2D eigenvalue weighted by Crippen LogP contribution is 2.27. The summed E-state index contributed by atoms with van der Waals surface area (Å²) in [7, 11) is 0. The lowest BCUT2D eigenvalue weighted by molar-refractivity contribution is 0.0948. The van der Waals surface area contributed by atoms with E-state index >= 15 is 0 Å². The Morgan fingerprint density at radius 2 is 2.17 bits per heavy atom. The van der Waals surface area contributed by atoms with Crippen molar-refractivity contribution in [2.45, 2.75) is 6.54 Å². The molecule has 92 valence electrons. The van der Waals surface area contributed by atoms with Gasteiger partial charge in [-0.1, -0.05) is 12.1 Å². The van der Waals surface area contributed by atoms with Gasteiger partial charge in [0.25, 0.3) is 5.91 Å². The largest absolute Gasteiger partial charge is 0.506 e. The van der Waals surface area contributed by atoms with Crippen molar-refractivity contribution >= 4 is 21.8 Å². The highest BCUT2D eigenvalue weighted by Gasteiger charge is 2.12. The molecule has 5 heteroatoms. The summed E-state index contributed by atoms with van der Waals surface area (Å²) in [5.74, 6) is -0.376. The maximum Gasteiger partial charge on any atom is 0.255 e. The van der Waals surface area contributed by atoms with Gasteiger partial charge in [-0.3, -0.25) is 9.78 Å². The van der Waals surface area contributed by atoms with Crippen molar-refractivity contribution in [3.8, 4) is 5.75 Å².